The number of hydrogen-bond donors (Lipinski definition) is 1. The van der Waals surface area contributed by atoms with E-state index in [-0.39, 0.29) is 5.91 Å². The number of fused-ring (bicyclic) bond motifs is 1. The smallest absolute Gasteiger partial charge is 0.249 e. The fourth-order valence-electron chi connectivity index (χ4n) is 2.17. The van der Waals surface area contributed by atoms with Crippen LogP contribution in [0.3, 0.4) is 0 Å². The van der Waals surface area contributed by atoms with Gasteiger partial charge in [-0.25, -0.2) is 4.68 Å². The third-order valence-corrected chi connectivity index (χ3v) is 3.44. The molecular formula is C16H16N4O. The number of aromatic nitrogens is 3. The Morgan fingerprint density at radius 2 is 1.86 bits per heavy atom. The molecule has 2 aromatic carbocycles. The highest BCUT2D eigenvalue weighted by molar-refractivity contribution is 5.94. The van der Waals surface area contributed by atoms with E-state index in [4.69, 9.17) is 0 Å². The number of nitrogens with one attached hydrogen (secondary N) is 1. The number of aryl methyl sites for hydroxylation is 1. The fraction of sp³-hybridized carbons (Fsp3) is 0.188. The van der Waals surface area contributed by atoms with E-state index in [2.05, 4.69) is 15.6 Å². The van der Waals surface area contributed by atoms with Gasteiger partial charge in [0.1, 0.15) is 11.6 Å². The van der Waals surface area contributed by atoms with Gasteiger partial charge < -0.3 is 5.32 Å². The Labute approximate surface area is 122 Å². The first-order valence-electron chi connectivity index (χ1n) is 6.82. The van der Waals surface area contributed by atoms with Crippen molar-refractivity contribution in [1.29, 1.82) is 0 Å². The minimum Gasteiger partial charge on any atom is -0.324 e. The molecule has 0 aliphatic heterocycles. The maximum atomic E-state index is 12.3. The summed E-state index contributed by atoms with van der Waals surface area (Å²) in [5.41, 5.74) is 3.57. The monoisotopic (exact) mass is 280 g/mol. The third-order valence-electron chi connectivity index (χ3n) is 3.44. The summed E-state index contributed by atoms with van der Waals surface area (Å²) in [4.78, 5) is 12.3. The lowest BCUT2D eigenvalue weighted by Gasteiger charge is -2.13. The summed E-state index contributed by atoms with van der Waals surface area (Å²) >= 11 is 0. The van der Waals surface area contributed by atoms with Crippen molar-refractivity contribution in [3.05, 3.63) is 54.1 Å². The number of nitrogens with zero attached hydrogens (tertiary/aromatic N) is 3. The van der Waals surface area contributed by atoms with Crippen molar-refractivity contribution in [3.63, 3.8) is 0 Å². The van der Waals surface area contributed by atoms with Crippen molar-refractivity contribution in [2.24, 2.45) is 0 Å². The molecule has 0 fully saturated rings. The van der Waals surface area contributed by atoms with Gasteiger partial charge in [-0.1, -0.05) is 35.0 Å². The fourth-order valence-corrected chi connectivity index (χ4v) is 2.17. The molecule has 21 heavy (non-hydrogen) atoms. The summed E-state index contributed by atoms with van der Waals surface area (Å²) in [6, 6.07) is 14.9. The average molecular weight is 280 g/mol. The molecule has 0 radical (unpaired) electrons. The zero-order valence-electron chi connectivity index (χ0n) is 11.9. The van der Waals surface area contributed by atoms with Crippen molar-refractivity contribution >= 4 is 22.6 Å². The SMILES string of the molecule is Cc1ccc(NC(=O)C(C)n2nnc3ccccc32)cc1. The third kappa shape index (κ3) is 2.63. The molecular weight excluding hydrogens is 264 g/mol. The second-order valence-electron chi connectivity index (χ2n) is 5.05. The van der Waals surface area contributed by atoms with Crippen molar-refractivity contribution in [2.45, 2.75) is 19.9 Å². The summed E-state index contributed by atoms with van der Waals surface area (Å²) in [6.07, 6.45) is 0. The van der Waals surface area contributed by atoms with Crippen LogP contribution in [0.4, 0.5) is 5.69 Å². The molecule has 1 N–H and O–H groups in total. The first kappa shape index (κ1) is 13.3. The molecule has 1 atom stereocenters. The normalized spacial score (nSPS) is 12.3. The van der Waals surface area contributed by atoms with E-state index in [0.29, 0.717) is 0 Å². The van der Waals surface area contributed by atoms with Crippen LogP contribution in [0.2, 0.25) is 0 Å². The van der Waals surface area contributed by atoms with Crippen molar-refractivity contribution in [2.75, 3.05) is 5.32 Å². The lowest BCUT2D eigenvalue weighted by molar-refractivity contribution is -0.119. The Morgan fingerprint density at radius 1 is 1.14 bits per heavy atom. The first-order valence-corrected chi connectivity index (χ1v) is 6.82. The highest BCUT2D eigenvalue weighted by Crippen LogP contribution is 2.17. The zero-order chi connectivity index (χ0) is 14.8. The van der Waals surface area contributed by atoms with Gasteiger partial charge in [0.05, 0.1) is 5.52 Å². The summed E-state index contributed by atoms with van der Waals surface area (Å²) in [5.74, 6) is -0.116. The van der Waals surface area contributed by atoms with E-state index < -0.39 is 6.04 Å². The molecule has 0 aliphatic carbocycles. The minimum absolute atomic E-state index is 0.116. The molecule has 0 bridgehead atoms. The number of hydrogen-bond acceptors (Lipinski definition) is 3. The molecule has 1 aromatic heterocycles. The van der Waals surface area contributed by atoms with E-state index in [1.54, 1.807) is 4.68 Å². The van der Waals surface area contributed by atoms with E-state index in [1.807, 2.05) is 62.4 Å². The average Bonchev–Trinajstić information content (AvgIpc) is 2.92. The van der Waals surface area contributed by atoms with Gasteiger partial charge in [0.2, 0.25) is 5.91 Å². The molecule has 1 heterocycles. The van der Waals surface area contributed by atoms with Crippen LogP contribution in [0.5, 0.6) is 0 Å². The molecule has 106 valence electrons. The zero-order valence-corrected chi connectivity index (χ0v) is 11.9. The Bertz CT molecular complexity index is 776. The highest BCUT2D eigenvalue weighted by atomic mass is 16.2. The Morgan fingerprint density at radius 3 is 2.62 bits per heavy atom. The van der Waals surface area contributed by atoms with Crippen LogP contribution in [0.25, 0.3) is 11.0 Å². The molecule has 3 aromatic rings. The summed E-state index contributed by atoms with van der Waals surface area (Å²) < 4.78 is 1.64. The molecule has 3 rings (SSSR count). The maximum absolute atomic E-state index is 12.3. The number of anilines is 1. The minimum atomic E-state index is -0.432. The van der Waals surface area contributed by atoms with Gasteiger partial charge in [-0.15, -0.1) is 5.10 Å². The number of amides is 1. The quantitative estimate of drug-likeness (QED) is 0.802. The van der Waals surface area contributed by atoms with Crippen LogP contribution in [-0.4, -0.2) is 20.9 Å². The van der Waals surface area contributed by atoms with Gasteiger partial charge in [0.25, 0.3) is 0 Å². The van der Waals surface area contributed by atoms with Crippen LogP contribution in [0.1, 0.15) is 18.5 Å². The molecule has 0 spiro atoms. The molecule has 5 nitrogen and oxygen atoms in total. The Kier molecular flexibility index (Phi) is 3.39. The van der Waals surface area contributed by atoms with Crippen LogP contribution < -0.4 is 5.32 Å². The van der Waals surface area contributed by atoms with E-state index >= 15 is 0 Å². The maximum Gasteiger partial charge on any atom is 0.249 e. The number of benzene rings is 2. The van der Waals surface area contributed by atoms with Gasteiger partial charge in [0.15, 0.2) is 0 Å². The van der Waals surface area contributed by atoms with E-state index in [9.17, 15) is 4.79 Å². The second-order valence-corrected chi connectivity index (χ2v) is 5.05. The first-order chi connectivity index (χ1) is 10.1. The largest absolute Gasteiger partial charge is 0.324 e. The predicted molar refractivity (Wildman–Crippen MR) is 82.0 cm³/mol. The van der Waals surface area contributed by atoms with Crippen molar-refractivity contribution < 1.29 is 4.79 Å². The summed E-state index contributed by atoms with van der Waals surface area (Å²) in [6.45, 7) is 3.82. The van der Waals surface area contributed by atoms with E-state index in [0.717, 1.165) is 22.3 Å². The summed E-state index contributed by atoms with van der Waals surface area (Å²) in [7, 11) is 0. The van der Waals surface area contributed by atoms with Gasteiger partial charge >= 0.3 is 0 Å². The van der Waals surface area contributed by atoms with Crippen molar-refractivity contribution in [3.8, 4) is 0 Å². The number of rotatable bonds is 3. The van der Waals surface area contributed by atoms with Gasteiger partial charge in [0, 0.05) is 5.69 Å². The number of carbonyl (C=O) groups is 1. The molecule has 0 aliphatic rings. The molecule has 5 heteroatoms. The van der Waals surface area contributed by atoms with Gasteiger partial charge in [-0.2, -0.15) is 0 Å². The Balaban J connectivity index is 1.82. The molecule has 1 amide bonds. The highest BCUT2D eigenvalue weighted by Gasteiger charge is 2.18. The van der Waals surface area contributed by atoms with E-state index in [1.165, 1.54) is 0 Å². The number of para-hydroxylation sites is 1. The van der Waals surface area contributed by atoms with Crippen molar-refractivity contribution in [1.82, 2.24) is 15.0 Å². The lowest BCUT2D eigenvalue weighted by Crippen LogP contribution is -2.24. The second kappa shape index (κ2) is 5.36. The predicted octanol–water partition coefficient (Wildman–Crippen LogP) is 2.94. The number of carbonyl (C=O) groups excluding carboxylic acids is 1. The topological polar surface area (TPSA) is 59.8 Å². The molecule has 0 saturated carbocycles. The Hall–Kier alpha value is -2.69. The molecule has 0 saturated heterocycles. The molecule has 1 unspecified atom stereocenters. The van der Waals surface area contributed by atoms with Crippen LogP contribution in [0, 0.1) is 6.92 Å². The van der Waals surface area contributed by atoms with Crippen LogP contribution in [-0.2, 0) is 4.79 Å². The van der Waals surface area contributed by atoms with Crippen LogP contribution >= 0.6 is 0 Å². The standard InChI is InChI=1S/C16H16N4O/c1-11-7-9-13(10-8-11)17-16(21)12(2)20-15-6-4-3-5-14(15)18-19-20/h3-10,12H,1-2H3,(H,17,21). The summed E-state index contributed by atoms with van der Waals surface area (Å²) in [5, 5.41) is 11.0. The van der Waals surface area contributed by atoms with Gasteiger partial charge in [-0.05, 0) is 38.1 Å². The van der Waals surface area contributed by atoms with Crippen LogP contribution in [0.15, 0.2) is 48.5 Å². The lowest BCUT2D eigenvalue weighted by atomic mass is 10.2. The van der Waals surface area contributed by atoms with Gasteiger partial charge in [-0.3, -0.25) is 4.79 Å².